The fraction of sp³-hybridized carbons (Fsp3) is 0.308. The average molecular weight is 306 g/mol. The zero-order valence-electron chi connectivity index (χ0n) is 11.4. The van der Waals surface area contributed by atoms with E-state index in [9.17, 15) is 13.2 Å². The molecule has 0 atom stereocenters. The predicted octanol–water partition coefficient (Wildman–Crippen LogP) is 0.113. The molecule has 0 aliphatic carbocycles. The Morgan fingerprint density at radius 2 is 2.00 bits per heavy atom. The summed E-state index contributed by atoms with van der Waals surface area (Å²) in [4.78, 5) is 21.4. The van der Waals surface area contributed by atoms with Gasteiger partial charge in [-0.15, -0.1) is 0 Å². The minimum atomic E-state index is -3.50. The molecule has 0 spiro atoms. The van der Waals surface area contributed by atoms with Crippen LogP contribution in [0.25, 0.3) is 0 Å². The Kier molecular flexibility index (Phi) is 3.25. The second kappa shape index (κ2) is 4.96. The van der Waals surface area contributed by atoms with Crippen LogP contribution in [-0.4, -0.2) is 52.1 Å². The molecule has 21 heavy (non-hydrogen) atoms. The fourth-order valence-corrected chi connectivity index (χ4v) is 3.95. The lowest BCUT2D eigenvalue weighted by Crippen LogP contribution is -2.57. The Morgan fingerprint density at radius 1 is 1.24 bits per heavy atom. The maximum absolute atomic E-state index is 12.4. The summed E-state index contributed by atoms with van der Waals surface area (Å²) in [6, 6.07) is 5.06. The highest BCUT2D eigenvalue weighted by Crippen LogP contribution is 2.23. The molecule has 1 fully saturated rings. The summed E-state index contributed by atoms with van der Waals surface area (Å²) in [6.45, 7) is 0.342. The minimum absolute atomic E-state index is 0.0393. The van der Waals surface area contributed by atoms with Crippen molar-refractivity contribution in [2.75, 3.05) is 13.1 Å². The van der Waals surface area contributed by atoms with Crippen LogP contribution in [0.1, 0.15) is 10.5 Å². The Balaban J connectivity index is 1.72. The average Bonchev–Trinajstić information content (AvgIpc) is 2.84. The fourth-order valence-electron chi connectivity index (χ4n) is 2.23. The molecule has 2 aromatic heterocycles. The number of pyridine rings is 1. The molecular formula is C13H14N4O3S. The van der Waals surface area contributed by atoms with E-state index >= 15 is 0 Å². The molecule has 1 amide bonds. The first-order valence-electron chi connectivity index (χ1n) is 6.41. The van der Waals surface area contributed by atoms with E-state index < -0.39 is 15.1 Å². The number of hydrogen-bond donors (Lipinski definition) is 0. The van der Waals surface area contributed by atoms with Crippen molar-refractivity contribution in [3.63, 3.8) is 0 Å². The predicted molar refractivity (Wildman–Crippen MR) is 74.3 cm³/mol. The van der Waals surface area contributed by atoms with Crippen molar-refractivity contribution in [2.24, 2.45) is 7.05 Å². The molecule has 0 aromatic carbocycles. The quantitative estimate of drug-likeness (QED) is 0.803. The van der Waals surface area contributed by atoms with E-state index in [1.807, 2.05) is 0 Å². The van der Waals surface area contributed by atoms with Gasteiger partial charge in [-0.2, -0.15) is 0 Å². The van der Waals surface area contributed by atoms with Crippen molar-refractivity contribution >= 4 is 15.7 Å². The second-order valence-corrected chi connectivity index (χ2v) is 7.03. The first kappa shape index (κ1) is 13.7. The Labute approximate surface area is 122 Å². The van der Waals surface area contributed by atoms with Crippen molar-refractivity contribution in [1.82, 2.24) is 19.4 Å². The van der Waals surface area contributed by atoms with Crippen LogP contribution in [-0.2, 0) is 16.9 Å². The highest BCUT2D eigenvalue weighted by atomic mass is 32.2. The molecule has 3 heterocycles. The molecule has 0 unspecified atom stereocenters. The maximum Gasteiger partial charge on any atom is 0.272 e. The van der Waals surface area contributed by atoms with E-state index in [0.717, 1.165) is 0 Å². The lowest BCUT2D eigenvalue weighted by molar-refractivity contribution is 0.0652. The van der Waals surface area contributed by atoms with E-state index in [1.54, 1.807) is 31.4 Å². The lowest BCUT2D eigenvalue weighted by atomic mass is 10.2. The van der Waals surface area contributed by atoms with Crippen LogP contribution in [0.15, 0.2) is 41.9 Å². The van der Waals surface area contributed by atoms with Gasteiger partial charge >= 0.3 is 0 Å². The number of hydrogen-bond acceptors (Lipinski definition) is 5. The number of sulfone groups is 1. The molecule has 8 heteroatoms. The monoisotopic (exact) mass is 306 g/mol. The Hall–Kier alpha value is -2.22. The van der Waals surface area contributed by atoms with Crippen molar-refractivity contribution in [3.8, 4) is 0 Å². The molecule has 110 valence electrons. The lowest BCUT2D eigenvalue weighted by Gasteiger charge is -2.37. The number of rotatable bonds is 3. The van der Waals surface area contributed by atoms with Gasteiger partial charge in [0.05, 0.1) is 0 Å². The van der Waals surface area contributed by atoms with E-state index in [2.05, 4.69) is 9.97 Å². The third kappa shape index (κ3) is 2.31. The van der Waals surface area contributed by atoms with Crippen molar-refractivity contribution in [2.45, 2.75) is 10.4 Å². The maximum atomic E-state index is 12.4. The molecule has 0 bridgehead atoms. The Bertz CT molecular complexity index is 764. The number of nitrogens with zero attached hydrogens (tertiary/aromatic N) is 4. The van der Waals surface area contributed by atoms with Crippen LogP contribution in [0.2, 0.25) is 0 Å². The first-order valence-corrected chi connectivity index (χ1v) is 7.96. The van der Waals surface area contributed by atoms with E-state index in [1.165, 1.54) is 21.9 Å². The van der Waals surface area contributed by atoms with Gasteiger partial charge in [-0.05, 0) is 12.1 Å². The van der Waals surface area contributed by atoms with Crippen LogP contribution in [0.3, 0.4) is 0 Å². The van der Waals surface area contributed by atoms with Crippen LogP contribution in [0.5, 0.6) is 0 Å². The molecule has 1 saturated heterocycles. The normalized spacial score (nSPS) is 15.8. The molecule has 3 rings (SSSR count). The number of imidazole rings is 1. The number of carbonyl (C=O) groups is 1. The number of aryl methyl sites for hydroxylation is 1. The standard InChI is InChI=1S/C13H14N4O3S/c1-16-7-6-15-13(16)21(19,20)10-8-17(9-10)12(18)11-4-2-3-5-14-11/h2-7,10H,8-9H2,1H3. The molecule has 0 N–H and O–H groups in total. The van der Waals surface area contributed by atoms with Gasteiger partial charge in [0.15, 0.2) is 0 Å². The summed E-state index contributed by atoms with van der Waals surface area (Å²) in [5, 5.41) is -0.566. The molecule has 1 aliphatic heterocycles. The van der Waals surface area contributed by atoms with Gasteiger partial charge in [0.2, 0.25) is 15.0 Å². The smallest absolute Gasteiger partial charge is 0.272 e. The van der Waals surface area contributed by atoms with Crippen molar-refractivity contribution in [1.29, 1.82) is 0 Å². The van der Waals surface area contributed by atoms with Gasteiger partial charge in [-0.25, -0.2) is 13.4 Å². The molecule has 1 aliphatic rings. The summed E-state index contributed by atoms with van der Waals surface area (Å²) in [7, 11) is -1.87. The van der Waals surface area contributed by atoms with Crippen molar-refractivity contribution < 1.29 is 13.2 Å². The molecule has 0 radical (unpaired) electrons. The third-order valence-corrected chi connectivity index (χ3v) is 5.57. The van der Waals surface area contributed by atoms with Gasteiger partial charge in [-0.1, -0.05) is 6.07 Å². The zero-order chi connectivity index (χ0) is 15.0. The SMILES string of the molecule is Cn1ccnc1S(=O)(=O)C1CN(C(=O)c2ccccn2)C1. The topological polar surface area (TPSA) is 85.2 Å². The minimum Gasteiger partial charge on any atom is -0.335 e. The summed E-state index contributed by atoms with van der Waals surface area (Å²) in [5.41, 5.74) is 0.324. The van der Waals surface area contributed by atoms with E-state index in [4.69, 9.17) is 0 Å². The molecule has 0 saturated carbocycles. The van der Waals surface area contributed by atoms with Gasteiger partial charge in [0.1, 0.15) is 10.9 Å². The largest absolute Gasteiger partial charge is 0.335 e. The molecular weight excluding hydrogens is 292 g/mol. The highest BCUT2D eigenvalue weighted by molar-refractivity contribution is 7.92. The van der Waals surface area contributed by atoms with E-state index in [0.29, 0.717) is 5.69 Å². The van der Waals surface area contributed by atoms with Gasteiger partial charge in [0, 0.05) is 38.7 Å². The number of amides is 1. The molecule has 7 nitrogen and oxygen atoms in total. The van der Waals surface area contributed by atoms with E-state index in [-0.39, 0.29) is 24.2 Å². The highest BCUT2D eigenvalue weighted by Gasteiger charge is 2.42. The van der Waals surface area contributed by atoms with Crippen LogP contribution in [0, 0.1) is 0 Å². The van der Waals surface area contributed by atoms with Crippen LogP contribution >= 0.6 is 0 Å². The van der Waals surface area contributed by atoms with Gasteiger partial charge < -0.3 is 9.47 Å². The van der Waals surface area contributed by atoms with Crippen LogP contribution < -0.4 is 0 Å². The summed E-state index contributed by atoms with van der Waals surface area (Å²) in [6.07, 6.45) is 4.57. The summed E-state index contributed by atoms with van der Waals surface area (Å²) < 4.78 is 26.2. The third-order valence-electron chi connectivity index (χ3n) is 3.49. The second-order valence-electron chi connectivity index (χ2n) is 4.91. The van der Waals surface area contributed by atoms with Gasteiger partial charge in [-0.3, -0.25) is 9.78 Å². The number of aromatic nitrogens is 3. The van der Waals surface area contributed by atoms with Crippen molar-refractivity contribution in [3.05, 3.63) is 42.5 Å². The van der Waals surface area contributed by atoms with Crippen LogP contribution in [0.4, 0.5) is 0 Å². The zero-order valence-corrected chi connectivity index (χ0v) is 12.2. The summed E-state index contributed by atoms with van der Waals surface area (Å²) in [5.74, 6) is -0.248. The number of carbonyl (C=O) groups excluding carboxylic acids is 1. The first-order chi connectivity index (χ1) is 10.00. The summed E-state index contributed by atoms with van der Waals surface area (Å²) >= 11 is 0. The van der Waals surface area contributed by atoms with Gasteiger partial charge in [0.25, 0.3) is 5.91 Å². The Morgan fingerprint density at radius 3 is 2.57 bits per heavy atom. The number of likely N-dealkylation sites (tertiary alicyclic amines) is 1. The molecule has 2 aromatic rings.